The number of carboxylic acid groups (broad SMARTS) is 1. The molecule has 0 unspecified atom stereocenters. The fourth-order valence-corrected chi connectivity index (χ4v) is 1.81. The smallest absolute Gasteiger partial charge is 0.317 e. The first kappa shape index (κ1) is 16.1. The number of hydrogen-bond donors (Lipinski definition) is 1. The summed E-state index contributed by atoms with van der Waals surface area (Å²) in [7, 11) is 3.80. The van der Waals surface area contributed by atoms with Gasteiger partial charge in [-0.3, -0.25) is 9.69 Å². The third kappa shape index (κ3) is 5.78. The summed E-state index contributed by atoms with van der Waals surface area (Å²) < 4.78 is 13.3. The lowest BCUT2D eigenvalue weighted by atomic mass is 10.1. The van der Waals surface area contributed by atoms with E-state index in [0.717, 1.165) is 6.07 Å². The summed E-state index contributed by atoms with van der Waals surface area (Å²) in [5.41, 5.74) is 0.837. The summed E-state index contributed by atoms with van der Waals surface area (Å²) >= 11 is 0. The molecule has 0 aliphatic rings. The molecule has 0 fully saturated rings. The maximum atomic E-state index is 13.3. The van der Waals surface area contributed by atoms with Crippen molar-refractivity contribution in [2.45, 2.75) is 6.54 Å². The van der Waals surface area contributed by atoms with Crippen LogP contribution in [0.4, 0.5) is 4.39 Å². The van der Waals surface area contributed by atoms with E-state index in [2.05, 4.69) is 0 Å². The Morgan fingerprint density at radius 1 is 1.35 bits per heavy atom. The van der Waals surface area contributed by atoms with E-state index in [9.17, 15) is 9.18 Å². The molecule has 1 aromatic rings. The second kappa shape index (κ2) is 7.58. The predicted octanol–water partition coefficient (Wildman–Crippen LogP) is 1.15. The Morgan fingerprint density at radius 3 is 2.60 bits per heavy atom. The summed E-state index contributed by atoms with van der Waals surface area (Å²) in [6.45, 7) is 1.43. The van der Waals surface area contributed by atoms with Crippen LogP contribution in [0.1, 0.15) is 11.1 Å². The fraction of sp³-hybridized carbons (Fsp3) is 0.429. The molecule has 20 heavy (non-hydrogen) atoms. The van der Waals surface area contributed by atoms with Gasteiger partial charge in [-0.1, -0.05) is 0 Å². The van der Waals surface area contributed by atoms with E-state index >= 15 is 0 Å². The van der Waals surface area contributed by atoms with Gasteiger partial charge in [0.2, 0.25) is 0 Å². The molecule has 0 amide bonds. The molecule has 1 aromatic carbocycles. The Morgan fingerprint density at radius 2 is 2.05 bits per heavy atom. The SMILES string of the molecule is CN(C)CCN(CC(=O)O)Cc1cc(F)cc(C#N)c1. The van der Waals surface area contributed by atoms with Gasteiger partial charge in [0.25, 0.3) is 0 Å². The first-order valence-corrected chi connectivity index (χ1v) is 6.19. The maximum absolute atomic E-state index is 13.3. The highest BCUT2D eigenvalue weighted by Gasteiger charge is 2.12. The number of benzene rings is 1. The van der Waals surface area contributed by atoms with E-state index in [1.54, 1.807) is 11.0 Å². The van der Waals surface area contributed by atoms with Crippen LogP contribution in [0.5, 0.6) is 0 Å². The lowest BCUT2D eigenvalue weighted by Gasteiger charge is -2.22. The van der Waals surface area contributed by atoms with Gasteiger partial charge >= 0.3 is 5.97 Å². The molecule has 0 atom stereocenters. The molecule has 5 nitrogen and oxygen atoms in total. The van der Waals surface area contributed by atoms with Crippen molar-refractivity contribution in [1.29, 1.82) is 5.26 Å². The van der Waals surface area contributed by atoms with Crippen LogP contribution in [-0.4, -0.2) is 54.6 Å². The number of likely N-dealkylation sites (N-methyl/N-ethyl adjacent to an activating group) is 1. The maximum Gasteiger partial charge on any atom is 0.317 e. The lowest BCUT2D eigenvalue weighted by Crippen LogP contribution is -2.35. The van der Waals surface area contributed by atoms with Gasteiger partial charge in [0, 0.05) is 19.6 Å². The fourth-order valence-electron chi connectivity index (χ4n) is 1.81. The summed E-state index contributed by atoms with van der Waals surface area (Å²) in [6.07, 6.45) is 0. The van der Waals surface area contributed by atoms with Crippen LogP contribution in [-0.2, 0) is 11.3 Å². The highest BCUT2D eigenvalue weighted by Crippen LogP contribution is 2.11. The van der Waals surface area contributed by atoms with Crippen LogP contribution in [0.2, 0.25) is 0 Å². The zero-order chi connectivity index (χ0) is 15.1. The quantitative estimate of drug-likeness (QED) is 0.811. The van der Waals surface area contributed by atoms with Crippen molar-refractivity contribution >= 4 is 5.97 Å². The van der Waals surface area contributed by atoms with Gasteiger partial charge in [0.05, 0.1) is 18.2 Å². The van der Waals surface area contributed by atoms with Crippen LogP contribution in [0, 0.1) is 17.1 Å². The molecule has 0 heterocycles. The zero-order valence-corrected chi connectivity index (χ0v) is 11.6. The summed E-state index contributed by atoms with van der Waals surface area (Å²) in [6, 6.07) is 5.95. The topological polar surface area (TPSA) is 67.6 Å². The second-order valence-corrected chi connectivity index (χ2v) is 4.87. The van der Waals surface area contributed by atoms with E-state index in [0.29, 0.717) is 25.2 Å². The number of nitriles is 1. The molecule has 0 aliphatic carbocycles. The minimum absolute atomic E-state index is 0.119. The molecule has 0 aliphatic heterocycles. The van der Waals surface area contributed by atoms with Crippen molar-refractivity contribution < 1.29 is 14.3 Å². The van der Waals surface area contributed by atoms with Gasteiger partial charge < -0.3 is 10.0 Å². The van der Waals surface area contributed by atoms with Gasteiger partial charge in [0.1, 0.15) is 5.82 Å². The van der Waals surface area contributed by atoms with Crippen LogP contribution in [0.15, 0.2) is 18.2 Å². The minimum atomic E-state index is -0.930. The molecule has 0 saturated heterocycles. The number of rotatable bonds is 7. The normalized spacial score (nSPS) is 10.8. The van der Waals surface area contributed by atoms with Crippen molar-refractivity contribution in [3.8, 4) is 6.07 Å². The van der Waals surface area contributed by atoms with Crippen molar-refractivity contribution in [1.82, 2.24) is 9.80 Å². The monoisotopic (exact) mass is 279 g/mol. The number of nitrogens with zero attached hydrogens (tertiary/aromatic N) is 3. The van der Waals surface area contributed by atoms with Crippen molar-refractivity contribution in [3.63, 3.8) is 0 Å². The van der Waals surface area contributed by atoms with Crippen LogP contribution < -0.4 is 0 Å². The molecule has 0 aromatic heterocycles. The average Bonchev–Trinajstić information content (AvgIpc) is 2.34. The molecule has 1 rings (SSSR count). The van der Waals surface area contributed by atoms with E-state index in [1.807, 2.05) is 25.1 Å². The van der Waals surface area contributed by atoms with Crippen LogP contribution in [0.25, 0.3) is 0 Å². The Balaban J connectivity index is 2.80. The molecule has 0 radical (unpaired) electrons. The lowest BCUT2D eigenvalue weighted by molar-refractivity contribution is -0.138. The highest BCUT2D eigenvalue weighted by atomic mass is 19.1. The average molecular weight is 279 g/mol. The van der Waals surface area contributed by atoms with Gasteiger partial charge in [-0.15, -0.1) is 0 Å². The van der Waals surface area contributed by atoms with E-state index < -0.39 is 11.8 Å². The number of carboxylic acids is 1. The zero-order valence-electron chi connectivity index (χ0n) is 11.6. The number of aliphatic carboxylic acids is 1. The Hall–Kier alpha value is -1.97. The molecule has 0 saturated carbocycles. The molecule has 6 heteroatoms. The van der Waals surface area contributed by atoms with Gasteiger partial charge in [-0.05, 0) is 37.9 Å². The van der Waals surface area contributed by atoms with Crippen LogP contribution in [0.3, 0.4) is 0 Å². The van der Waals surface area contributed by atoms with Crippen molar-refractivity contribution in [2.75, 3.05) is 33.7 Å². The Labute approximate surface area is 117 Å². The summed E-state index contributed by atoms with van der Waals surface area (Å²) in [5, 5.41) is 17.7. The molecular formula is C14H18FN3O2. The molecule has 1 N–H and O–H groups in total. The number of halogens is 1. The third-order valence-corrected chi connectivity index (χ3v) is 2.72. The summed E-state index contributed by atoms with van der Waals surface area (Å²) in [5.74, 6) is -1.41. The van der Waals surface area contributed by atoms with Crippen molar-refractivity contribution in [3.05, 3.63) is 35.1 Å². The second-order valence-electron chi connectivity index (χ2n) is 4.87. The molecular weight excluding hydrogens is 261 g/mol. The highest BCUT2D eigenvalue weighted by molar-refractivity contribution is 5.69. The molecule has 0 bridgehead atoms. The number of hydrogen-bond acceptors (Lipinski definition) is 4. The van der Waals surface area contributed by atoms with Gasteiger partial charge in [-0.25, -0.2) is 4.39 Å². The van der Waals surface area contributed by atoms with E-state index in [1.165, 1.54) is 6.07 Å². The van der Waals surface area contributed by atoms with Crippen molar-refractivity contribution in [2.24, 2.45) is 0 Å². The van der Waals surface area contributed by atoms with Gasteiger partial charge in [0.15, 0.2) is 0 Å². The Bertz CT molecular complexity index is 512. The number of carbonyl (C=O) groups is 1. The van der Waals surface area contributed by atoms with E-state index in [4.69, 9.17) is 10.4 Å². The Kier molecular flexibility index (Phi) is 6.10. The van der Waals surface area contributed by atoms with E-state index in [-0.39, 0.29) is 12.1 Å². The third-order valence-electron chi connectivity index (χ3n) is 2.72. The minimum Gasteiger partial charge on any atom is -0.480 e. The van der Waals surface area contributed by atoms with Crippen LogP contribution >= 0.6 is 0 Å². The predicted molar refractivity (Wildman–Crippen MR) is 72.6 cm³/mol. The largest absolute Gasteiger partial charge is 0.480 e. The summed E-state index contributed by atoms with van der Waals surface area (Å²) in [4.78, 5) is 14.5. The molecule has 0 spiro atoms. The first-order valence-electron chi connectivity index (χ1n) is 6.19. The molecule has 108 valence electrons. The van der Waals surface area contributed by atoms with Gasteiger partial charge in [-0.2, -0.15) is 5.26 Å². The standard InChI is InChI=1S/C14H18FN3O2/c1-17(2)3-4-18(10-14(19)20)9-12-5-11(8-16)6-13(15)7-12/h5-7H,3-4,9-10H2,1-2H3,(H,19,20). The first-order chi connectivity index (χ1) is 9.40.